The number of carbonyl (C=O) groups excluding carboxylic acids is 3. The van der Waals surface area contributed by atoms with Crippen LogP contribution in [0.5, 0.6) is 0 Å². The number of carbonyl (C=O) groups is 3. The van der Waals surface area contributed by atoms with Gasteiger partial charge in [0.1, 0.15) is 18.8 Å². The molecule has 0 amide bonds. The van der Waals surface area contributed by atoms with Gasteiger partial charge in [-0.1, -0.05) is 18.2 Å². The molecule has 0 spiro atoms. The minimum Gasteiger partial charge on any atom is -0.465 e. The molecule has 5 atom stereocenters. The van der Waals surface area contributed by atoms with Crippen molar-refractivity contribution >= 4 is 25.1 Å². The highest BCUT2D eigenvalue weighted by molar-refractivity contribution is 5.46. The first kappa shape index (κ1) is 17.7. The number of ether oxygens (including phenoxy) is 4. The van der Waals surface area contributed by atoms with Crippen molar-refractivity contribution in [2.75, 3.05) is 11.9 Å². The minimum absolute atomic E-state index is 0.167. The molecule has 0 aliphatic carbocycles. The van der Waals surface area contributed by atoms with Crippen molar-refractivity contribution in [2.24, 2.45) is 0 Å². The van der Waals surface area contributed by atoms with Gasteiger partial charge in [-0.15, -0.1) is 0 Å². The molecule has 1 fully saturated rings. The monoisotopic (exact) mass is 339 g/mol. The first-order chi connectivity index (χ1) is 11.7. The van der Waals surface area contributed by atoms with E-state index in [9.17, 15) is 19.5 Å². The maximum absolute atomic E-state index is 10.8. The third-order valence-electron chi connectivity index (χ3n) is 3.53. The summed E-state index contributed by atoms with van der Waals surface area (Å²) in [6.07, 6.45) is -4.52. The Morgan fingerprint density at radius 3 is 2.33 bits per heavy atom. The Hall–Kier alpha value is -2.65. The first-order valence-electron chi connectivity index (χ1n) is 7.09. The van der Waals surface area contributed by atoms with E-state index in [0.29, 0.717) is 5.69 Å². The summed E-state index contributed by atoms with van der Waals surface area (Å²) in [6, 6.07) is 7.92. The summed E-state index contributed by atoms with van der Waals surface area (Å²) in [5.41, 5.74) is 0.636. The summed E-state index contributed by atoms with van der Waals surface area (Å²) in [5, 5.41) is 13.2. The average molecular weight is 339 g/mol. The molecule has 0 bridgehead atoms. The van der Waals surface area contributed by atoms with E-state index < -0.39 is 30.6 Å². The summed E-state index contributed by atoms with van der Waals surface area (Å²) in [5.74, 6) is 0. The van der Waals surface area contributed by atoms with Gasteiger partial charge in [-0.3, -0.25) is 14.4 Å². The van der Waals surface area contributed by atoms with E-state index in [2.05, 4.69) is 10.1 Å². The topological polar surface area (TPSA) is 120 Å². The summed E-state index contributed by atoms with van der Waals surface area (Å²) >= 11 is 0. The SMILES string of the molecule is O=COC[C@@H]1O[C@H](O)[C@H](Nc2ccccc2)[C@@H](OC=O)[C@@H]1OC=O. The van der Waals surface area contributed by atoms with Crippen LogP contribution in [0.2, 0.25) is 0 Å². The molecule has 1 aliphatic heterocycles. The molecule has 9 heteroatoms. The Morgan fingerprint density at radius 1 is 1.04 bits per heavy atom. The summed E-state index contributed by atoms with van der Waals surface area (Å²) < 4.78 is 19.9. The van der Waals surface area contributed by atoms with Crippen LogP contribution in [-0.4, -0.2) is 61.8 Å². The molecule has 1 heterocycles. The summed E-state index contributed by atoms with van der Waals surface area (Å²) in [6.45, 7) is 0.259. The quantitative estimate of drug-likeness (QED) is 0.450. The van der Waals surface area contributed by atoms with Gasteiger partial charge in [-0.2, -0.15) is 0 Å². The van der Waals surface area contributed by atoms with Gasteiger partial charge in [-0.05, 0) is 12.1 Å². The van der Waals surface area contributed by atoms with Gasteiger partial charge in [0.15, 0.2) is 18.5 Å². The summed E-state index contributed by atoms with van der Waals surface area (Å²) in [7, 11) is 0. The van der Waals surface area contributed by atoms with Crippen molar-refractivity contribution in [2.45, 2.75) is 30.6 Å². The molecule has 24 heavy (non-hydrogen) atoms. The number of nitrogens with one attached hydrogen (secondary N) is 1. The van der Waals surface area contributed by atoms with E-state index >= 15 is 0 Å². The summed E-state index contributed by atoms with van der Waals surface area (Å²) in [4.78, 5) is 32.0. The van der Waals surface area contributed by atoms with Gasteiger partial charge in [-0.25, -0.2) is 0 Å². The second-order valence-electron chi connectivity index (χ2n) is 4.92. The fourth-order valence-electron chi connectivity index (χ4n) is 2.52. The molecular formula is C15H17NO8. The Balaban J connectivity index is 2.23. The average Bonchev–Trinajstić information content (AvgIpc) is 2.60. The molecule has 2 rings (SSSR count). The van der Waals surface area contributed by atoms with Crippen molar-refractivity contribution in [3.63, 3.8) is 0 Å². The number of anilines is 1. The van der Waals surface area contributed by atoms with E-state index in [0.717, 1.165) is 0 Å². The molecule has 1 aliphatic rings. The molecule has 1 aromatic rings. The number of aliphatic hydroxyl groups is 1. The molecular weight excluding hydrogens is 322 g/mol. The molecule has 1 aromatic carbocycles. The molecule has 0 saturated carbocycles. The van der Waals surface area contributed by atoms with Crippen LogP contribution in [0.1, 0.15) is 0 Å². The van der Waals surface area contributed by atoms with Crippen molar-refractivity contribution < 1.29 is 38.4 Å². The van der Waals surface area contributed by atoms with Crippen LogP contribution in [0.15, 0.2) is 30.3 Å². The third-order valence-corrected chi connectivity index (χ3v) is 3.53. The fourth-order valence-corrected chi connectivity index (χ4v) is 2.52. The highest BCUT2D eigenvalue weighted by Crippen LogP contribution is 2.27. The Bertz CT molecular complexity index is 540. The molecule has 2 N–H and O–H groups in total. The molecule has 130 valence electrons. The van der Waals surface area contributed by atoms with Crippen LogP contribution in [0.25, 0.3) is 0 Å². The van der Waals surface area contributed by atoms with Crippen LogP contribution >= 0.6 is 0 Å². The van der Waals surface area contributed by atoms with Gasteiger partial charge >= 0.3 is 0 Å². The largest absolute Gasteiger partial charge is 0.465 e. The number of rotatable bonds is 9. The fraction of sp³-hybridized carbons (Fsp3) is 0.400. The second kappa shape index (κ2) is 8.85. The lowest BCUT2D eigenvalue weighted by atomic mass is 9.96. The van der Waals surface area contributed by atoms with Gasteiger partial charge in [0, 0.05) is 5.69 Å². The molecule has 0 unspecified atom stereocenters. The van der Waals surface area contributed by atoms with Crippen LogP contribution in [0.3, 0.4) is 0 Å². The van der Waals surface area contributed by atoms with Crippen molar-refractivity contribution in [1.82, 2.24) is 0 Å². The molecule has 0 aromatic heterocycles. The van der Waals surface area contributed by atoms with Gasteiger partial charge in [0.05, 0.1) is 0 Å². The maximum Gasteiger partial charge on any atom is 0.293 e. The van der Waals surface area contributed by atoms with Crippen LogP contribution in [0.4, 0.5) is 5.69 Å². The first-order valence-corrected chi connectivity index (χ1v) is 7.09. The number of benzene rings is 1. The number of aliphatic hydroxyl groups excluding tert-OH is 1. The smallest absolute Gasteiger partial charge is 0.293 e. The van der Waals surface area contributed by atoms with Gasteiger partial charge < -0.3 is 29.4 Å². The second-order valence-corrected chi connectivity index (χ2v) is 4.92. The van der Waals surface area contributed by atoms with E-state index in [4.69, 9.17) is 14.2 Å². The number of para-hydroxylation sites is 1. The van der Waals surface area contributed by atoms with E-state index in [-0.39, 0.29) is 26.0 Å². The van der Waals surface area contributed by atoms with E-state index in [1.807, 2.05) is 6.07 Å². The van der Waals surface area contributed by atoms with Gasteiger partial charge in [0.2, 0.25) is 0 Å². The highest BCUT2D eigenvalue weighted by atomic mass is 16.7. The van der Waals surface area contributed by atoms with E-state index in [1.54, 1.807) is 24.3 Å². The van der Waals surface area contributed by atoms with Crippen molar-refractivity contribution in [3.05, 3.63) is 30.3 Å². The highest BCUT2D eigenvalue weighted by Gasteiger charge is 2.48. The lowest BCUT2D eigenvalue weighted by Gasteiger charge is -2.42. The standard InChI is InChI=1S/C15H17NO8/c17-7-21-6-11-13(22-8-18)14(23-9-19)12(15(20)24-11)16-10-4-2-1-3-5-10/h1-5,7-9,11-16,20H,6H2/t11-,12+,13+,14+,15-/m0/s1. The Kier molecular flexibility index (Phi) is 6.52. The van der Waals surface area contributed by atoms with Gasteiger partial charge in [0.25, 0.3) is 19.4 Å². The van der Waals surface area contributed by atoms with Crippen molar-refractivity contribution in [3.8, 4) is 0 Å². The third kappa shape index (κ3) is 4.21. The van der Waals surface area contributed by atoms with Crippen LogP contribution < -0.4 is 5.32 Å². The Labute approximate surface area is 137 Å². The zero-order valence-electron chi connectivity index (χ0n) is 12.5. The molecule has 9 nitrogen and oxygen atoms in total. The minimum atomic E-state index is -1.40. The van der Waals surface area contributed by atoms with Crippen LogP contribution in [0, 0.1) is 0 Å². The van der Waals surface area contributed by atoms with E-state index in [1.165, 1.54) is 0 Å². The normalized spacial score (nSPS) is 29.1. The van der Waals surface area contributed by atoms with Crippen molar-refractivity contribution in [1.29, 1.82) is 0 Å². The predicted octanol–water partition coefficient (Wildman–Crippen LogP) is -0.560. The molecule has 1 saturated heterocycles. The zero-order chi connectivity index (χ0) is 17.4. The lowest BCUT2D eigenvalue weighted by molar-refractivity contribution is -0.252. The Morgan fingerprint density at radius 2 is 1.71 bits per heavy atom. The maximum atomic E-state index is 10.8. The molecule has 0 radical (unpaired) electrons. The number of hydrogen-bond donors (Lipinski definition) is 2. The lowest BCUT2D eigenvalue weighted by Crippen LogP contribution is -2.62. The zero-order valence-corrected chi connectivity index (χ0v) is 12.5. The number of hydrogen-bond acceptors (Lipinski definition) is 9. The predicted molar refractivity (Wildman–Crippen MR) is 78.6 cm³/mol. The van der Waals surface area contributed by atoms with Crippen LogP contribution in [-0.2, 0) is 33.3 Å².